The van der Waals surface area contributed by atoms with Crippen molar-refractivity contribution in [1.82, 2.24) is 14.7 Å². The Balaban J connectivity index is 1.63. The summed E-state index contributed by atoms with van der Waals surface area (Å²) in [5, 5.41) is 18.5. The number of nitro groups is 1. The highest BCUT2D eigenvalue weighted by atomic mass is 35.5. The van der Waals surface area contributed by atoms with Crippen LogP contribution in [-0.2, 0) is 11.3 Å². The number of carbonyl (C=O) groups excluding carboxylic acids is 2. The van der Waals surface area contributed by atoms with E-state index in [1.165, 1.54) is 11.9 Å². The van der Waals surface area contributed by atoms with Gasteiger partial charge in [-0.1, -0.05) is 35.9 Å². The van der Waals surface area contributed by atoms with Gasteiger partial charge in [0.1, 0.15) is 11.4 Å². The second kappa shape index (κ2) is 9.61. The van der Waals surface area contributed by atoms with E-state index in [0.717, 1.165) is 5.56 Å². The van der Waals surface area contributed by atoms with Crippen LogP contribution >= 0.6 is 11.6 Å². The quantitative estimate of drug-likeness (QED) is 0.430. The molecule has 0 atom stereocenters. The average Bonchev–Trinajstić information content (AvgIpc) is 3.02. The fourth-order valence-corrected chi connectivity index (χ4v) is 3.47. The number of amides is 2. The smallest absolute Gasteiger partial charge is 0.312 e. The molecule has 32 heavy (non-hydrogen) atoms. The molecule has 0 radical (unpaired) electrons. The van der Waals surface area contributed by atoms with E-state index in [9.17, 15) is 19.7 Å². The Morgan fingerprint density at radius 2 is 1.81 bits per heavy atom. The first-order valence-electron chi connectivity index (χ1n) is 9.74. The van der Waals surface area contributed by atoms with Crippen LogP contribution in [0, 0.1) is 24.0 Å². The number of benzene rings is 2. The standard InChI is InChI=1S/C22H22ClN5O4/c1-14-21(28(31)32)15(2)27(25-14)12-16-8-10-17(11-9-16)22(30)26(3)13-20(29)24-19-7-5-4-6-18(19)23/h4-11H,12-13H2,1-3H3,(H,24,29). The van der Waals surface area contributed by atoms with Gasteiger partial charge < -0.3 is 10.2 Å². The summed E-state index contributed by atoms with van der Waals surface area (Å²) in [6.07, 6.45) is 0. The molecule has 0 fully saturated rings. The summed E-state index contributed by atoms with van der Waals surface area (Å²) in [4.78, 5) is 37.0. The SMILES string of the molecule is Cc1nn(Cc2ccc(C(=O)N(C)CC(=O)Nc3ccccc3Cl)cc2)c(C)c1[N+](=O)[O-]. The molecule has 2 amide bonds. The van der Waals surface area contributed by atoms with Crippen LogP contribution in [0.2, 0.25) is 5.02 Å². The summed E-state index contributed by atoms with van der Waals surface area (Å²) in [5.41, 5.74) is 2.57. The van der Waals surface area contributed by atoms with E-state index >= 15 is 0 Å². The van der Waals surface area contributed by atoms with Crippen molar-refractivity contribution in [3.05, 3.63) is 86.2 Å². The van der Waals surface area contributed by atoms with Crippen molar-refractivity contribution in [2.45, 2.75) is 20.4 Å². The maximum absolute atomic E-state index is 12.7. The van der Waals surface area contributed by atoms with Gasteiger partial charge in [0.05, 0.1) is 28.7 Å². The molecule has 1 N–H and O–H groups in total. The van der Waals surface area contributed by atoms with Gasteiger partial charge in [-0.2, -0.15) is 5.10 Å². The minimum absolute atomic E-state index is 0.00786. The molecule has 0 saturated heterocycles. The van der Waals surface area contributed by atoms with Crippen LogP contribution in [-0.4, -0.2) is 45.0 Å². The molecule has 166 valence electrons. The van der Waals surface area contributed by atoms with Crippen LogP contribution in [0.25, 0.3) is 0 Å². The normalized spacial score (nSPS) is 10.6. The number of likely N-dealkylation sites (N-methyl/N-ethyl adjacent to an activating group) is 1. The first kappa shape index (κ1) is 23.0. The van der Waals surface area contributed by atoms with Crippen molar-refractivity contribution in [3.8, 4) is 0 Å². The zero-order chi connectivity index (χ0) is 23.4. The Bertz CT molecular complexity index is 1170. The number of nitrogens with zero attached hydrogens (tertiary/aromatic N) is 4. The van der Waals surface area contributed by atoms with Crippen LogP contribution in [0.5, 0.6) is 0 Å². The number of para-hydroxylation sites is 1. The average molecular weight is 456 g/mol. The van der Waals surface area contributed by atoms with Crippen LogP contribution in [0.1, 0.15) is 27.3 Å². The molecule has 0 saturated carbocycles. The predicted octanol–water partition coefficient (Wildman–Crippen LogP) is 3.82. The molecule has 0 unspecified atom stereocenters. The Morgan fingerprint density at radius 3 is 2.41 bits per heavy atom. The Kier molecular flexibility index (Phi) is 6.89. The van der Waals surface area contributed by atoms with Gasteiger partial charge >= 0.3 is 5.69 Å². The van der Waals surface area contributed by atoms with Gasteiger partial charge in [-0.15, -0.1) is 0 Å². The molecule has 0 aliphatic carbocycles. The fourth-order valence-electron chi connectivity index (χ4n) is 3.29. The molecule has 9 nitrogen and oxygen atoms in total. The lowest BCUT2D eigenvalue weighted by Gasteiger charge is -2.17. The number of carbonyl (C=O) groups is 2. The summed E-state index contributed by atoms with van der Waals surface area (Å²) in [6, 6.07) is 13.7. The van der Waals surface area contributed by atoms with Crippen molar-refractivity contribution in [2.75, 3.05) is 18.9 Å². The Labute approximate surface area is 189 Å². The second-order valence-corrected chi connectivity index (χ2v) is 7.73. The van der Waals surface area contributed by atoms with Crippen LogP contribution in [0.3, 0.4) is 0 Å². The maximum atomic E-state index is 12.7. The minimum atomic E-state index is -0.437. The number of rotatable bonds is 7. The van der Waals surface area contributed by atoms with E-state index in [0.29, 0.717) is 34.2 Å². The van der Waals surface area contributed by atoms with Crippen LogP contribution in [0.4, 0.5) is 11.4 Å². The van der Waals surface area contributed by atoms with Gasteiger partial charge in [0.15, 0.2) is 0 Å². The molecule has 3 aromatic rings. The topological polar surface area (TPSA) is 110 Å². The molecule has 0 bridgehead atoms. The highest BCUT2D eigenvalue weighted by Crippen LogP contribution is 2.23. The van der Waals surface area contributed by atoms with E-state index in [1.807, 2.05) is 0 Å². The molecule has 1 heterocycles. The minimum Gasteiger partial charge on any atom is -0.332 e. The third kappa shape index (κ3) is 5.12. The van der Waals surface area contributed by atoms with Gasteiger partial charge in [-0.05, 0) is 43.7 Å². The van der Waals surface area contributed by atoms with Gasteiger partial charge in [0.25, 0.3) is 5.91 Å². The molecular weight excluding hydrogens is 434 g/mol. The number of nitrogens with one attached hydrogen (secondary N) is 1. The van der Waals surface area contributed by atoms with E-state index in [4.69, 9.17) is 11.6 Å². The molecule has 1 aromatic heterocycles. The van der Waals surface area contributed by atoms with Gasteiger partial charge in [0.2, 0.25) is 5.91 Å². The predicted molar refractivity (Wildman–Crippen MR) is 121 cm³/mol. The molecule has 3 rings (SSSR count). The van der Waals surface area contributed by atoms with Gasteiger partial charge in [-0.25, -0.2) is 0 Å². The summed E-state index contributed by atoms with van der Waals surface area (Å²) in [7, 11) is 1.54. The zero-order valence-corrected chi connectivity index (χ0v) is 18.6. The largest absolute Gasteiger partial charge is 0.332 e. The van der Waals surface area contributed by atoms with Gasteiger partial charge in [-0.3, -0.25) is 24.4 Å². The lowest BCUT2D eigenvalue weighted by molar-refractivity contribution is -0.386. The zero-order valence-electron chi connectivity index (χ0n) is 17.8. The van der Waals surface area contributed by atoms with E-state index in [2.05, 4.69) is 10.4 Å². The van der Waals surface area contributed by atoms with Crippen molar-refractivity contribution in [3.63, 3.8) is 0 Å². The fraction of sp³-hybridized carbons (Fsp3) is 0.227. The highest BCUT2D eigenvalue weighted by Gasteiger charge is 2.22. The van der Waals surface area contributed by atoms with Crippen LogP contribution in [0.15, 0.2) is 48.5 Å². The Morgan fingerprint density at radius 1 is 1.16 bits per heavy atom. The lowest BCUT2D eigenvalue weighted by atomic mass is 10.1. The number of halogens is 1. The number of anilines is 1. The third-order valence-corrected chi connectivity index (χ3v) is 5.26. The molecule has 0 aliphatic heterocycles. The molecular formula is C22H22ClN5O4. The lowest BCUT2D eigenvalue weighted by Crippen LogP contribution is -2.35. The van der Waals surface area contributed by atoms with Crippen molar-refractivity contribution in [1.29, 1.82) is 0 Å². The number of hydrogen-bond donors (Lipinski definition) is 1. The second-order valence-electron chi connectivity index (χ2n) is 7.32. The molecule has 10 heteroatoms. The van der Waals surface area contributed by atoms with Crippen molar-refractivity contribution >= 4 is 34.8 Å². The summed E-state index contributed by atoms with van der Waals surface area (Å²) >= 11 is 6.04. The number of hydrogen-bond acceptors (Lipinski definition) is 5. The summed E-state index contributed by atoms with van der Waals surface area (Å²) in [5.74, 6) is -0.677. The summed E-state index contributed by atoms with van der Waals surface area (Å²) < 4.78 is 1.56. The first-order valence-corrected chi connectivity index (χ1v) is 10.1. The van der Waals surface area contributed by atoms with E-state index < -0.39 is 4.92 Å². The highest BCUT2D eigenvalue weighted by molar-refractivity contribution is 6.33. The maximum Gasteiger partial charge on any atom is 0.312 e. The van der Waals surface area contributed by atoms with Crippen molar-refractivity contribution in [2.24, 2.45) is 0 Å². The number of aryl methyl sites for hydroxylation is 1. The van der Waals surface area contributed by atoms with Gasteiger partial charge in [0, 0.05) is 12.6 Å². The molecule has 2 aromatic carbocycles. The summed E-state index contributed by atoms with van der Waals surface area (Å²) in [6.45, 7) is 3.45. The Hall–Kier alpha value is -3.72. The van der Waals surface area contributed by atoms with Crippen LogP contribution < -0.4 is 5.32 Å². The molecule has 0 spiro atoms. The third-order valence-electron chi connectivity index (χ3n) is 4.93. The monoisotopic (exact) mass is 455 g/mol. The van der Waals surface area contributed by atoms with E-state index in [1.54, 1.807) is 67.1 Å². The van der Waals surface area contributed by atoms with Crippen molar-refractivity contribution < 1.29 is 14.5 Å². The molecule has 0 aliphatic rings. The van der Waals surface area contributed by atoms with E-state index in [-0.39, 0.29) is 24.0 Å². The first-order chi connectivity index (χ1) is 15.2. The number of aromatic nitrogens is 2.